The molecule has 0 bridgehead atoms. The van der Waals surface area contributed by atoms with Crippen LogP contribution in [0.25, 0.3) is 0 Å². The Labute approximate surface area is 151 Å². The fourth-order valence-corrected chi connectivity index (χ4v) is 3.33. The smallest absolute Gasteiger partial charge is 0.317 e. The van der Waals surface area contributed by atoms with E-state index in [1.165, 1.54) is 0 Å². The highest BCUT2D eigenvalue weighted by Gasteiger charge is 2.27. The molecular weight excluding hydrogens is 334 g/mol. The Morgan fingerprint density at radius 1 is 1.15 bits per heavy atom. The highest BCUT2D eigenvalue weighted by molar-refractivity contribution is 5.95. The predicted octanol–water partition coefficient (Wildman–Crippen LogP) is 2.51. The first-order valence-corrected chi connectivity index (χ1v) is 8.76. The summed E-state index contributed by atoms with van der Waals surface area (Å²) in [5, 5.41) is 0. The second-order valence-electron chi connectivity index (χ2n) is 6.63. The van der Waals surface area contributed by atoms with Gasteiger partial charge in [0.15, 0.2) is 11.5 Å². The fraction of sp³-hybridized carbons (Fsp3) is 0.421. The molecule has 1 saturated heterocycles. The predicted molar refractivity (Wildman–Crippen MR) is 93.6 cm³/mol. The summed E-state index contributed by atoms with van der Waals surface area (Å²) in [6, 6.07) is 7.57. The van der Waals surface area contributed by atoms with Crippen LogP contribution in [-0.2, 0) is 0 Å². The maximum absolute atomic E-state index is 12.8. The Bertz CT molecular complexity index is 819. The molecule has 1 atom stereocenters. The molecule has 7 nitrogen and oxygen atoms in total. The Balaban J connectivity index is 1.45. The molecule has 1 aromatic carbocycles. The number of carbonyl (C=O) groups excluding carboxylic acids is 1. The number of benzene rings is 1. The van der Waals surface area contributed by atoms with Crippen LogP contribution in [0.3, 0.4) is 0 Å². The quantitative estimate of drug-likeness (QED) is 0.842. The van der Waals surface area contributed by atoms with Gasteiger partial charge in [-0.3, -0.25) is 4.79 Å². The van der Waals surface area contributed by atoms with Crippen LogP contribution < -0.4 is 14.2 Å². The number of aryl methyl sites for hydroxylation is 2. The van der Waals surface area contributed by atoms with Gasteiger partial charge in [0, 0.05) is 23.5 Å². The lowest BCUT2D eigenvalue weighted by atomic mass is 10.1. The molecule has 0 N–H and O–H groups in total. The Morgan fingerprint density at radius 3 is 2.73 bits per heavy atom. The molecule has 4 rings (SSSR count). The molecule has 26 heavy (non-hydrogen) atoms. The SMILES string of the molecule is Cc1cc(C)nc(OC2CCCN(C(=O)c3ccc4c(c3)OCO4)C2)n1. The topological polar surface area (TPSA) is 73.8 Å². The number of carbonyl (C=O) groups is 1. The van der Waals surface area contributed by atoms with Crippen molar-refractivity contribution in [1.29, 1.82) is 0 Å². The van der Waals surface area contributed by atoms with Crippen LogP contribution in [0.2, 0.25) is 0 Å². The number of piperidine rings is 1. The molecule has 0 radical (unpaired) electrons. The first kappa shape index (κ1) is 16.6. The third-order valence-electron chi connectivity index (χ3n) is 4.52. The maximum Gasteiger partial charge on any atom is 0.317 e. The molecule has 1 unspecified atom stereocenters. The van der Waals surface area contributed by atoms with E-state index in [4.69, 9.17) is 14.2 Å². The highest BCUT2D eigenvalue weighted by Crippen LogP contribution is 2.33. The van der Waals surface area contributed by atoms with Gasteiger partial charge in [-0.05, 0) is 51.0 Å². The van der Waals surface area contributed by atoms with Crippen molar-refractivity contribution in [1.82, 2.24) is 14.9 Å². The molecule has 2 aliphatic heterocycles. The van der Waals surface area contributed by atoms with Crippen molar-refractivity contribution < 1.29 is 19.0 Å². The molecule has 0 saturated carbocycles. The lowest BCUT2D eigenvalue weighted by Gasteiger charge is -2.32. The normalized spacial score (nSPS) is 18.7. The number of rotatable bonds is 3. The minimum absolute atomic E-state index is 0.0297. The van der Waals surface area contributed by atoms with Crippen molar-refractivity contribution in [3.05, 3.63) is 41.2 Å². The van der Waals surface area contributed by atoms with E-state index in [0.717, 1.165) is 24.2 Å². The number of hydrogen-bond acceptors (Lipinski definition) is 6. The van der Waals surface area contributed by atoms with Crippen LogP contribution in [0.4, 0.5) is 0 Å². The monoisotopic (exact) mass is 355 g/mol. The minimum Gasteiger partial charge on any atom is -0.458 e. The van der Waals surface area contributed by atoms with E-state index in [-0.39, 0.29) is 18.8 Å². The Morgan fingerprint density at radius 2 is 1.92 bits per heavy atom. The van der Waals surface area contributed by atoms with Crippen LogP contribution in [-0.4, -0.2) is 46.8 Å². The molecule has 1 aromatic heterocycles. The second kappa shape index (κ2) is 6.82. The van der Waals surface area contributed by atoms with E-state index in [0.29, 0.717) is 36.2 Å². The largest absolute Gasteiger partial charge is 0.458 e. The Hall–Kier alpha value is -2.83. The molecule has 136 valence electrons. The van der Waals surface area contributed by atoms with E-state index in [1.54, 1.807) is 18.2 Å². The number of aromatic nitrogens is 2. The van der Waals surface area contributed by atoms with E-state index in [2.05, 4.69) is 9.97 Å². The van der Waals surface area contributed by atoms with Crippen LogP contribution in [0.15, 0.2) is 24.3 Å². The van der Waals surface area contributed by atoms with Crippen molar-refractivity contribution in [3.63, 3.8) is 0 Å². The van der Waals surface area contributed by atoms with Gasteiger partial charge in [0.05, 0.1) is 6.54 Å². The third-order valence-corrected chi connectivity index (χ3v) is 4.52. The molecule has 7 heteroatoms. The molecule has 1 fully saturated rings. The standard InChI is InChI=1S/C19H21N3O4/c1-12-8-13(2)21-19(20-12)26-15-4-3-7-22(10-15)18(23)14-5-6-16-17(9-14)25-11-24-16/h5-6,8-9,15H,3-4,7,10-11H2,1-2H3. The molecule has 1 amide bonds. The Kier molecular flexibility index (Phi) is 4.36. The average molecular weight is 355 g/mol. The van der Waals surface area contributed by atoms with E-state index < -0.39 is 0 Å². The van der Waals surface area contributed by atoms with Gasteiger partial charge >= 0.3 is 6.01 Å². The van der Waals surface area contributed by atoms with Crippen LogP contribution >= 0.6 is 0 Å². The minimum atomic E-state index is -0.108. The zero-order valence-corrected chi connectivity index (χ0v) is 14.9. The van der Waals surface area contributed by atoms with Crippen molar-refractivity contribution in [2.24, 2.45) is 0 Å². The lowest BCUT2D eigenvalue weighted by molar-refractivity contribution is 0.0514. The lowest BCUT2D eigenvalue weighted by Crippen LogP contribution is -2.44. The number of hydrogen-bond donors (Lipinski definition) is 0. The first-order valence-electron chi connectivity index (χ1n) is 8.76. The number of likely N-dealkylation sites (tertiary alicyclic amines) is 1. The summed E-state index contributed by atoms with van der Waals surface area (Å²) in [5.74, 6) is 1.26. The zero-order valence-electron chi connectivity index (χ0n) is 14.9. The number of amides is 1. The second-order valence-corrected chi connectivity index (χ2v) is 6.63. The number of fused-ring (bicyclic) bond motifs is 1. The maximum atomic E-state index is 12.8. The summed E-state index contributed by atoms with van der Waals surface area (Å²) >= 11 is 0. The van der Waals surface area contributed by atoms with Crippen LogP contribution in [0.5, 0.6) is 17.5 Å². The van der Waals surface area contributed by atoms with Crippen molar-refractivity contribution >= 4 is 5.91 Å². The average Bonchev–Trinajstić information content (AvgIpc) is 3.08. The van der Waals surface area contributed by atoms with E-state index in [9.17, 15) is 4.79 Å². The van der Waals surface area contributed by atoms with Gasteiger partial charge in [0.25, 0.3) is 5.91 Å². The zero-order chi connectivity index (χ0) is 18.1. The van der Waals surface area contributed by atoms with Crippen molar-refractivity contribution in [3.8, 4) is 17.5 Å². The summed E-state index contributed by atoms with van der Waals surface area (Å²) in [4.78, 5) is 23.3. The molecular formula is C19H21N3O4. The van der Waals surface area contributed by atoms with Crippen molar-refractivity contribution in [2.45, 2.75) is 32.8 Å². The van der Waals surface area contributed by atoms with Gasteiger partial charge in [0.2, 0.25) is 6.79 Å². The summed E-state index contributed by atoms with van der Waals surface area (Å²) in [6.07, 6.45) is 1.65. The summed E-state index contributed by atoms with van der Waals surface area (Å²) in [6.45, 7) is 5.25. The van der Waals surface area contributed by atoms with Crippen molar-refractivity contribution in [2.75, 3.05) is 19.9 Å². The van der Waals surface area contributed by atoms with E-state index >= 15 is 0 Å². The summed E-state index contributed by atoms with van der Waals surface area (Å²) in [5.41, 5.74) is 2.34. The highest BCUT2D eigenvalue weighted by atomic mass is 16.7. The number of ether oxygens (including phenoxy) is 3. The van der Waals surface area contributed by atoms with Crippen LogP contribution in [0, 0.1) is 13.8 Å². The first-order chi connectivity index (χ1) is 12.6. The van der Waals surface area contributed by atoms with Gasteiger partial charge in [-0.15, -0.1) is 0 Å². The molecule has 3 heterocycles. The molecule has 2 aliphatic rings. The van der Waals surface area contributed by atoms with Gasteiger partial charge in [-0.1, -0.05) is 0 Å². The van der Waals surface area contributed by atoms with E-state index in [1.807, 2.05) is 24.8 Å². The number of nitrogens with zero attached hydrogens (tertiary/aromatic N) is 3. The van der Waals surface area contributed by atoms with Gasteiger partial charge in [-0.2, -0.15) is 0 Å². The molecule has 0 aliphatic carbocycles. The van der Waals surface area contributed by atoms with Gasteiger partial charge in [-0.25, -0.2) is 9.97 Å². The fourth-order valence-electron chi connectivity index (χ4n) is 3.33. The third kappa shape index (κ3) is 3.42. The van der Waals surface area contributed by atoms with Crippen LogP contribution in [0.1, 0.15) is 34.6 Å². The van der Waals surface area contributed by atoms with Gasteiger partial charge in [0.1, 0.15) is 6.10 Å². The molecule has 2 aromatic rings. The molecule has 0 spiro atoms. The van der Waals surface area contributed by atoms with Gasteiger partial charge < -0.3 is 19.1 Å². The summed E-state index contributed by atoms with van der Waals surface area (Å²) < 4.78 is 16.6. The summed E-state index contributed by atoms with van der Waals surface area (Å²) in [7, 11) is 0.